The predicted molar refractivity (Wildman–Crippen MR) is 114 cm³/mol. The molecule has 4 aromatic rings. The monoisotopic (exact) mass is 520 g/mol. The summed E-state index contributed by atoms with van der Waals surface area (Å²) in [5.74, 6) is 2.18. The third-order valence-electron chi connectivity index (χ3n) is 3.41. The zero-order valence-electron chi connectivity index (χ0n) is 14.6. The van der Waals surface area contributed by atoms with E-state index in [1.165, 1.54) is 10.9 Å². The van der Waals surface area contributed by atoms with Crippen LogP contribution in [0.3, 0.4) is 0 Å². The molecule has 12 heteroatoms. The maximum absolute atomic E-state index is 10.5. The highest BCUT2D eigenvalue weighted by atomic mass is 79.9. The number of nitrogens with two attached hydrogens (primary N) is 1. The summed E-state index contributed by atoms with van der Waals surface area (Å²) in [6.07, 6.45) is 5.31. The van der Waals surface area contributed by atoms with Gasteiger partial charge in [0.1, 0.15) is 11.6 Å². The van der Waals surface area contributed by atoms with Crippen LogP contribution in [0.25, 0.3) is 11.6 Å². The number of aromatic nitrogens is 6. The second-order valence-corrected chi connectivity index (χ2v) is 7.23. The molecule has 0 atom stereocenters. The Balaban J connectivity index is 0.000000169. The van der Waals surface area contributed by atoms with Gasteiger partial charge in [0, 0.05) is 33.5 Å². The lowest BCUT2D eigenvalue weighted by molar-refractivity contribution is 0.209. The van der Waals surface area contributed by atoms with Crippen molar-refractivity contribution in [2.45, 2.75) is 0 Å². The maximum atomic E-state index is 10.5. The summed E-state index contributed by atoms with van der Waals surface area (Å²) in [5.41, 5.74) is 5.66. The van der Waals surface area contributed by atoms with Crippen LogP contribution >= 0.6 is 31.9 Å². The molecule has 0 unspecified atom stereocenters. The Morgan fingerprint density at radius 3 is 1.93 bits per heavy atom. The number of amides is 1. The van der Waals surface area contributed by atoms with Crippen molar-refractivity contribution in [1.82, 2.24) is 29.5 Å². The van der Waals surface area contributed by atoms with Crippen LogP contribution in [-0.4, -0.2) is 40.7 Å². The summed E-state index contributed by atoms with van der Waals surface area (Å²) in [7, 11) is 0. The minimum absolute atomic E-state index is 0.349. The van der Waals surface area contributed by atoms with Crippen molar-refractivity contribution in [3.05, 3.63) is 70.1 Å². The number of halogens is 2. The molecule has 0 saturated carbocycles. The zero-order valence-corrected chi connectivity index (χ0v) is 17.8. The van der Waals surface area contributed by atoms with E-state index in [0.717, 1.165) is 8.95 Å². The number of rotatable bonds is 3. The van der Waals surface area contributed by atoms with Gasteiger partial charge in [-0.15, -0.1) is 0 Å². The Morgan fingerprint density at radius 2 is 1.45 bits per heavy atom. The lowest BCUT2D eigenvalue weighted by Crippen LogP contribution is -2.12. The molecule has 0 aliphatic carbocycles. The van der Waals surface area contributed by atoms with E-state index in [0.29, 0.717) is 23.3 Å². The molecule has 0 fully saturated rings. The molecule has 0 spiro atoms. The number of nitrogens with zero attached hydrogens (tertiary/aromatic N) is 6. The predicted octanol–water partition coefficient (Wildman–Crippen LogP) is 3.73. The normalized spacial score (nSPS) is 10.1. The van der Waals surface area contributed by atoms with E-state index in [4.69, 9.17) is 10.8 Å². The summed E-state index contributed by atoms with van der Waals surface area (Å²) in [4.78, 5) is 18.8. The molecule has 1 amide bonds. The van der Waals surface area contributed by atoms with Crippen LogP contribution < -0.4 is 11.1 Å². The average molecular weight is 522 g/mol. The second kappa shape index (κ2) is 9.30. The number of pyridine rings is 2. The number of carbonyl (C=O) groups is 1. The van der Waals surface area contributed by atoms with E-state index in [-0.39, 0.29) is 0 Å². The SMILES string of the molecule is Nc1ccnn1-c1ccc(Br)cn1.O=C(O)Nc1ccnn1-c1ccc(Br)cn1. The molecule has 29 heavy (non-hydrogen) atoms. The molecule has 4 rings (SSSR count). The highest BCUT2D eigenvalue weighted by Crippen LogP contribution is 2.15. The first-order valence-electron chi connectivity index (χ1n) is 8.01. The topological polar surface area (TPSA) is 137 Å². The van der Waals surface area contributed by atoms with E-state index in [1.54, 1.807) is 47.5 Å². The second-order valence-electron chi connectivity index (χ2n) is 5.40. The van der Waals surface area contributed by atoms with Crippen molar-refractivity contribution >= 4 is 49.6 Å². The van der Waals surface area contributed by atoms with Gasteiger partial charge in [-0.2, -0.15) is 19.6 Å². The Kier molecular flexibility index (Phi) is 6.57. The fraction of sp³-hybridized carbons (Fsp3) is 0. The molecule has 10 nitrogen and oxygen atoms in total. The molecule has 0 radical (unpaired) electrons. The number of hydrogen-bond donors (Lipinski definition) is 3. The third-order valence-corrected chi connectivity index (χ3v) is 4.35. The smallest absolute Gasteiger partial charge is 0.410 e. The average Bonchev–Trinajstić information content (AvgIpc) is 3.32. The first-order chi connectivity index (χ1) is 13.9. The zero-order chi connectivity index (χ0) is 20.8. The van der Waals surface area contributed by atoms with Gasteiger partial charge in [-0.3, -0.25) is 5.32 Å². The van der Waals surface area contributed by atoms with Crippen molar-refractivity contribution in [2.75, 3.05) is 11.1 Å². The molecule has 0 saturated heterocycles. The van der Waals surface area contributed by atoms with Crippen LogP contribution in [0.15, 0.2) is 70.1 Å². The molecule has 0 aliphatic heterocycles. The van der Waals surface area contributed by atoms with Gasteiger partial charge < -0.3 is 10.8 Å². The summed E-state index contributed by atoms with van der Waals surface area (Å²) >= 11 is 6.57. The fourth-order valence-corrected chi connectivity index (χ4v) is 2.65. The van der Waals surface area contributed by atoms with Crippen LogP contribution in [0.4, 0.5) is 16.4 Å². The highest BCUT2D eigenvalue weighted by molar-refractivity contribution is 9.10. The standard InChI is InChI=1S/C9H7BrN4O2.C8H7BrN4/c10-6-1-2-7(11-5-6)14-8(3-4-12-14)13-9(15)16;9-6-1-2-8(11-5-6)13-7(10)3-4-12-13/h1-5,13H,(H,15,16);1-5H,10H2. The molecule has 4 heterocycles. The van der Waals surface area contributed by atoms with E-state index in [1.807, 2.05) is 12.1 Å². The Morgan fingerprint density at radius 1 is 0.897 bits per heavy atom. The number of anilines is 2. The van der Waals surface area contributed by atoms with E-state index in [9.17, 15) is 4.79 Å². The number of carboxylic acid groups (broad SMARTS) is 1. The van der Waals surface area contributed by atoms with E-state index in [2.05, 4.69) is 57.3 Å². The van der Waals surface area contributed by atoms with Crippen molar-refractivity contribution in [2.24, 2.45) is 0 Å². The van der Waals surface area contributed by atoms with Gasteiger partial charge in [0.25, 0.3) is 0 Å². The van der Waals surface area contributed by atoms with Crippen LogP contribution in [0.1, 0.15) is 0 Å². The number of nitrogen functional groups attached to an aromatic ring is 1. The van der Waals surface area contributed by atoms with Gasteiger partial charge in [-0.25, -0.2) is 14.8 Å². The molecule has 0 bridgehead atoms. The van der Waals surface area contributed by atoms with Gasteiger partial charge in [0.2, 0.25) is 0 Å². The minimum atomic E-state index is -1.14. The Hall–Kier alpha value is -3.25. The van der Waals surface area contributed by atoms with Crippen LogP contribution in [0.2, 0.25) is 0 Å². The summed E-state index contributed by atoms with van der Waals surface area (Å²) < 4.78 is 4.76. The third kappa shape index (κ3) is 5.39. The minimum Gasteiger partial charge on any atom is -0.465 e. The Labute approximate surface area is 181 Å². The largest absolute Gasteiger partial charge is 0.465 e. The van der Waals surface area contributed by atoms with Crippen molar-refractivity contribution in [1.29, 1.82) is 0 Å². The first-order valence-corrected chi connectivity index (χ1v) is 9.60. The lowest BCUT2D eigenvalue weighted by atomic mass is 10.4. The molecular weight excluding hydrogens is 508 g/mol. The first kappa shape index (κ1) is 20.5. The van der Waals surface area contributed by atoms with Crippen LogP contribution in [0.5, 0.6) is 0 Å². The van der Waals surface area contributed by atoms with Gasteiger partial charge in [-0.1, -0.05) is 0 Å². The Bertz CT molecular complexity index is 1090. The quantitative estimate of drug-likeness (QED) is 0.373. The number of nitrogens with one attached hydrogen (secondary N) is 1. The lowest BCUT2D eigenvalue weighted by Gasteiger charge is -2.05. The van der Waals surface area contributed by atoms with Crippen molar-refractivity contribution in [3.8, 4) is 11.6 Å². The number of hydrogen-bond acceptors (Lipinski definition) is 6. The van der Waals surface area contributed by atoms with Crippen LogP contribution in [-0.2, 0) is 0 Å². The molecule has 0 aromatic carbocycles. The molecular formula is C17H14Br2N8O2. The van der Waals surface area contributed by atoms with Gasteiger partial charge >= 0.3 is 6.09 Å². The molecule has 0 aliphatic rings. The van der Waals surface area contributed by atoms with E-state index < -0.39 is 6.09 Å². The van der Waals surface area contributed by atoms with E-state index >= 15 is 0 Å². The summed E-state index contributed by atoms with van der Waals surface area (Å²) in [5, 5.41) is 18.9. The fourth-order valence-electron chi connectivity index (χ4n) is 2.18. The molecule has 4 aromatic heterocycles. The van der Waals surface area contributed by atoms with Gasteiger partial charge in [0.05, 0.1) is 12.4 Å². The van der Waals surface area contributed by atoms with Gasteiger partial charge in [-0.05, 0) is 56.1 Å². The van der Waals surface area contributed by atoms with Crippen LogP contribution in [0, 0.1) is 0 Å². The molecule has 4 N–H and O–H groups in total. The molecule has 148 valence electrons. The maximum Gasteiger partial charge on any atom is 0.410 e. The summed E-state index contributed by atoms with van der Waals surface area (Å²) in [6, 6.07) is 10.5. The summed E-state index contributed by atoms with van der Waals surface area (Å²) in [6.45, 7) is 0. The van der Waals surface area contributed by atoms with Crippen molar-refractivity contribution < 1.29 is 9.90 Å². The highest BCUT2D eigenvalue weighted by Gasteiger charge is 2.07. The van der Waals surface area contributed by atoms with Gasteiger partial charge in [0.15, 0.2) is 11.6 Å². The van der Waals surface area contributed by atoms with Crippen molar-refractivity contribution in [3.63, 3.8) is 0 Å².